The van der Waals surface area contributed by atoms with Gasteiger partial charge in [0.25, 0.3) is 0 Å². The smallest absolute Gasteiger partial charge is 0.0748 e. The van der Waals surface area contributed by atoms with Gasteiger partial charge in [0.05, 0.1) is 17.7 Å². The van der Waals surface area contributed by atoms with E-state index in [2.05, 4.69) is 64.2 Å². The lowest BCUT2D eigenvalue weighted by Gasteiger charge is -2.31. The number of likely N-dealkylation sites (N-methyl/N-ethyl adjacent to an activating group) is 1. The fraction of sp³-hybridized carbons (Fsp3) is 0.625. The molecule has 1 aromatic carbocycles. The lowest BCUT2D eigenvalue weighted by Crippen LogP contribution is -2.35. The normalized spacial score (nSPS) is 15.4. The molecule has 0 bridgehead atoms. The molecule has 2 heteroatoms. The number of rotatable bonds is 5. The van der Waals surface area contributed by atoms with Crippen molar-refractivity contribution in [2.75, 3.05) is 7.05 Å². The third-order valence-electron chi connectivity index (χ3n) is 3.07. The molecule has 0 spiro atoms. The monoisotopic (exact) mass is 249 g/mol. The van der Waals surface area contributed by atoms with Gasteiger partial charge in [0.1, 0.15) is 0 Å². The van der Waals surface area contributed by atoms with Crippen molar-refractivity contribution in [3.05, 3.63) is 35.4 Å². The van der Waals surface area contributed by atoms with E-state index in [0.717, 1.165) is 6.42 Å². The van der Waals surface area contributed by atoms with Crippen LogP contribution in [0.5, 0.6) is 0 Å². The van der Waals surface area contributed by atoms with Crippen molar-refractivity contribution < 1.29 is 4.74 Å². The molecular formula is C16H27NO. The minimum atomic E-state index is -0.113. The molecule has 1 N–H and O–H groups in total. The maximum absolute atomic E-state index is 6.04. The van der Waals surface area contributed by atoms with Crippen LogP contribution < -0.4 is 5.32 Å². The highest BCUT2D eigenvalue weighted by Gasteiger charge is 2.23. The molecule has 102 valence electrons. The number of ether oxygens (including phenoxy) is 1. The Morgan fingerprint density at radius 2 is 1.72 bits per heavy atom. The maximum atomic E-state index is 6.04. The molecular weight excluding hydrogens is 222 g/mol. The molecule has 0 aromatic heterocycles. The second-order valence-electron chi connectivity index (χ2n) is 5.80. The predicted octanol–water partition coefficient (Wildman–Crippen LogP) is 3.71. The van der Waals surface area contributed by atoms with Crippen LogP contribution in [-0.4, -0.2) is 18.8 Å². The van der Waals surface area contributed by atoms with E-state index in [-0.39, 0.29) is 17.7 Å². The fourth-order valence-electron chi connectivity index (χ4n) is 2.26. The van der Waals surface area contributed by atoms with Crippen molar-refractivity contribution in [3.63, 3.8) is 0 Å². The van der Waals surface area contributed by atoms with Gasteiger partial charge in [-0.2, -0.15) is 0 Å². The zero-order valence-corrected chi connectivity index (χ0v) is 12.6. The zero-order valence-electron chi connectivity index (χ0n) is 12.6. The van der Waals surface area contributed by atoms with Gasteiger partial charge in [-0.25, -0.2) is 0 Å². The molecule has 1 aromatic rings. The molecule has 0 saturated heterocycles. The Kier molecular flexibility index (Phi) is 5.36. The van der Waals surface area contributed by atoms with Gasteiger partial charge in [0.2, 0.25) is 0 Å². The highest BCUT2D eigenvalue weighted by molar-refractivity contribution is 5.25. The van der Waals surface area contributed by atoms with Crippen LogP contribution in [0.1, 0.15) is 51.8 Å². The van der Waals surface area contributed by atoms with Gasteiger partial charge in [0.15, 0.2) is 0 Å². The Morgan fingerprint density at radius 1 is 1.17 bits per heavy atom. The van der Waals surface area contributed by atoms with E-state index in [9.17, 15) is 0 Å². The maximum Gasteiger partial charge on any atom is 0.0748 e. The highest BCUT2D eigenvalue weighted by Crippen LogP contribution is 2.23. The average Bonchev–Trinajstić information content (AvgIpc) is 2.28. The van der Waals surface area contributed by atoms with Crippen LogP contribution >= 0.6 is 0 Å². The van der Waals surface area contributed by atoms with Gasteiger partial charge >= 0.3 is 0 Å². The van der Waals surface area contributed by atoms with Crippen molar-refractivity contribution in [3.8, 4) is 0 Å². The molecule has 0 radical (unpaired) electrons. The summed E-state index contributed by atoms with van der Waals surface area (Å²) in [6.45, 7) is 10.6. The summed E-state index contributed by atoms with van der Waals surface area (Å²) in [5, 5.41) is 3.35. The Labute approximate surface area is 112 Å². The first-order chi connectivity index (χ1) is 8.37. The van der Waals surface area contributed by atoms with Gasteiger partial charge in [-0.3, -0.25) is 0 Å². The summed E-state index contributed by atoms with van der Waals surface area (Å²) < 4.78 is 6.04. The molecule has 2 nitrogen and oxygen atoms in total. The Balaban J connectivity index is 2.81. The standard InChI is InChI=1S/C16H27NO/c1-7-13-8-10-14(11-9-13)15(17-6)12(2)18-16(3,4)5/h8-12,15,17H,7H2,1-6H3. The van der Waals surface area contributed by atoms with Crippen LogP contribution in [0.4, 0.5) is 0 Å². The Morgan fingerprint density at radius 3 is 2.11 bits per heavy atom. The summed E-state index contributed by atoms with van der Waals surface area (Å²) in [5.74, 6) is 0. The van der Waals surface area contributed by atoms with Crippen LogP contribution in [0.25, 0.3) is 0 Å². The summed E-state index contributed by atoms with van der Waals surface area (Å²) in [5.41, 5.74) is 2.54. The van der Waals surface area contributed by atoms with Gasteiger partial charge in [-0.15, -0.1) is 0 Å². The van der Waals surface area contributed by atoms with Crippen LogP contribution in [0, 0.1) is 0 Å². The topological polar surface area (TPSA) is 21.3 Å². The second kappa shape index (κ2) is 6.35. The zero-order chi connectivity index (χ0) is 13.8. The van der Waals surface area contributed by atoms with Crippen LogP contribution in [0.2, 0.25) is 0 Å². The van der Waals surface area contributed by atoms with E-state index in [1.807, 2.05) is 7.05 Å². The highest BCUT2D eigenvalue weighted by atomic mass is 16.5. The number of hydrogen-bond acceptors (Lipinski definition) is 2. The minimum absolute atomic E-state index is 0.113. The number of nitrogens with one attached hydrogen (secondary N) is 1. The molecule has 2 unspecified atom stereocenters. The third-order valence-corrected chi connectivity index (χ3v) is 3.07. The van der Waals surface area contributed by atoms with E-state index in [0.29, 0.717) is 0 Å². The molecule has 0 aliphatic carbocycles. The molecule has 0 fully saturated rings. The van der Waals surface area contributed by atoms with Gasteiger partial charge < -0.3 is 10.1 Å². The summed E-state index contributed by atoms with van der Waals surface area (Å²) >= 11 is 0. The predicted molar refractivity (Wildman–Crippen MR) is 77.9 cm³/mol. The molecule has 18 heavy (non-hydrogen) atoms. The van der Waals surface area contributed by atoms with E-state index >= 15 is 0 Å². The summed E-state index contributed by atoms with van der Waals surface area (Å²) in [7, 11) is 1.99. The van der Waals surface area contributed by atoms with Gasteiger partial charge in [-0.1, -0.05) is 31.2 Å². The van der Waals surface area contributed by atoms with E-state index in [1.54, 1.807) is 0 Å². The van der Waals surface area contributed by atoms with Crippen molar-refractivity contribution in [2.45, 2.75) is 58.8 Å². The van der Waals surface area contributed by atoms with E-state index < -0.39 is 0 Å². The molecule has 0 heterocycles. The van der Waals surface area contributed by atoms with Crippen molar-refractivity contribution in [1.82, 2.24) is 5.32 Å². The lowest BCUT2D eigenvalue weighted by molar-refractivity contribution is -0.0660. The lowest BCUT2D eigenvalue weighted by atomic mass is 9.99. The van der Waals surface area contributed by atoms with Crippen molar-refractivity contribution in [2.24, 2.45) is 0 Å². The minimum Gasteiger partial charge on any atom is -0.371 e. The Bertz CT molecular complexity index is 350. The summed E-state index contributed by atoms with van der Waals surface area (Å²) in [4.78, 5) is 0. The summed E-state index contributed by atoms with van der Waals surface area (Å²) in [6.07, 6.45) is 1.22. The van der Waals surface area contributed by atoms with Crippen molar-refractivity contribution in [1.29, 1.82) is 0 Å². The first kappa shape index (κ1) is 15.2. The fourth-order valence-corrected chi connectivity index (χ4v) is 2.26. The third kappa shape index (κ3) is 4.43. The molecule has 0 saturated carbocycles. The first-order valence-corrected chi connectivity index (χ1v) is 6.81. The number of aryl methyl sites for hydroxylation is 1. The van der Waals surface area contributed by atoms with E-state index in [1.165, 1.54) is 11.1 Å². The SMILES string of the molecule is CCc1ccc(C(NC)C(C)OC(C)(C)C)cc1. The Hall–Kier alpha value is -0.860. The second-order valence-corrected chi connectivity index (χ2v) is 5.80. The van der Waals surface area contributed by atoms with Crippen LogP contribution in [0.3, 0.4) is 0 Å². The van der Waals surface area contributed by atoms with E-state index in [4.69, 9.17) is 4.74 Å². The van der Waals surface area contributed by atoms with Crippen LogP contribution in [-0.2, 0) is 11.2 Å². The van der Waals surface area contributed by atoms with Crippen molar-refractivity contribution >= 4 is 0 Å². The molecule has 1 rings (SSSR count). The number of hydrogen-bond donors (Lipinski definition) is 1. The van der Waals surface area contributed by atoms with Gasteiger partial charge in [0, 0.05) is 0 Å². The molecule has 0 amide bonds. The molecule has 2 atom stereocenters. The first-order valence-electron chi connectivity index (χ1n) is 6.81. The largest absolute Gasteiger partial charge is 0.371 e. The summed E-state index contributed by atoms with van der Waals surface area (Å²) in [6, 6.07) is 9.02. The number of benzene rings is 1. The molecule has 0 aliphatic rings. The average molecular weight is 249 g/mol. The van der Waals surface area contributed by atoms with Crippen LogP contribution in [0.15, 0.2) is 24.3 Å². The molecule has 0 aliphatic heterocycles. The van der Waals surface area contributed by atoms with Gasteiger partial charge in [-0.05, 0) is 52.3 Å². The quantitative estimate of drug-likeness (QED) is 0.859.